The predicted octanol–water partition coefficient (Wildman–Crippen LogP) is 4.41. The van der Waals surface area contributed by atoms with Gasteiger partial charge in [0.05, 0.1) is 34.7 Å². The van der Waals surface area contributed by atoms with E-state index >= 15 is 4.39 Å². The highest BCUT2D eigenvalue weighted by molar-refractivity contribution is 6.33. The van der Waals surface area contributed by atoms with Crippen LogP contribution in [0.15, 0.2) is 36.7 Å². The SMILES string of the molecule is COCc1cc(Nc2ncc(Cl)c(-c3cc(F)c4nc5n(c4c3)CCCN5C)n2)ccn1. The van der Waals surface area contributed by atoms with Crippen molar-refractivity contribution in [1.82, 2.24) is 24.5 Å². The number of fused-ring (bicyclic) bond motifs is 3. The second kappa shape index (κ2) is 8.33. The van der Waals surface area contributed by atoms with E-state index in [1.54, 1.807) is 19.4 Å². The first-order valence-corrected chi connectivity index (χ1v) is 10.6. The molecule has 1 aliphatic heterocycles. The topological polar surface area (TPSA) is 81.0 Å². The highest BCUT2D eigenvalue weighted by Gasteiger charge is 2.22. The Bertz CT molecular complexity index is 1310. The number of aryl methyl sites for hydroxylation is 1. The summed E-state index contributed by atoms with van der Waals surface area (Å²) in [7, 11) is 3.58. The third kappa shape index (κ3) is 3.74. The van der Waals surface area contributed by atoms with Gasteiger partial charge in [-0.05, 0) is 30.7 Å². The van der Waals surface area contributed by atoms with Gasteiger partial charge >= 0.3 is 0 Å². The summed E-state index contributed by atoms with van der Waals surface area (Å²) in [4.78, 5) is 19.6. The molecule has 0 fully saturated rings. The molecule has 0 saturated carbocycles. The summed E-state index contributed by atoms with van der Waals surface area (Å²) in [5, 5.41) is 3.48. The number of rotatable bonds is 5. The maximum atomic E-state index is 15.0. The van der Waals surface area contributed by atoms with Gasteiger partial charge in [0.15, 0.2) is 5.82 Å². The molecule has 32 heavy (non-hydrogen) atoms. The number of benzene rings is 1. The fraction of sp³-hybridized carbons (Fsp3) is 0.273. The Morgan fingerprint density at radius 3 is 2.91 bits per heavy atom. The molecule has 10 heteroatoms. The summed E-state index contributed by atoms with van der Waals surface area (Å²) < 4.78 is 22.2. The molecule has 0 atom stereocenters. The van der Waals surface area contributed by atoms with Crippen LogP contribution in [0.1, 0.15) is 12.1 Å². The largest absolute Gasteiger partial charge is 0.378 e. The maximum absolute atomic E-state index is 15.0. The fourth-order valence-corrected chi connectivity index (χ4v) is 4.13. The first-order valence-electron chi connectivity index (χ1n) is 10.2. The number of aromatic nitrogens is 5. The average molecular weight is 454 g/mol. The molecule has 1 N–H and O–H groups in total. The summed E-state index contributed by atoms with van der Waals surface area (Å²) in [6.07, 6.45) is 4.15. The van der Waals surface area contributed by atoms with Crippen LogP contribution in [0.25, 0.3) is 22.3 Å². The molecule has 0 saturated heterocycles. The van der Waals surface area contributed by atoms with Gasteiger partial charge in [0.1, 0.15) is 5.52 Å². The number of imidazole rings is 1. The van der Waals surface area contributed by atoms with Gasteiger partial charge in [-0.1, -0.05) is 11.6 Å². The van der Waals surface area contributed by atoms with Crippen LogP contribution in [0.2, 0.25) is 5.02 Å². The monoisotopic (exact) mass is 453 g/mol. The van der Waals surface area contributed by atoms with Crippen LogP contribution in [-0.4, -0.2) is 45.2 Å². The first kappa shape index (κ1) is 20.6. The number of anilines is 3. The molecular formula is C22H21ClFN7O. The number of halogens is 2. The first-order chi connectivity index (χ1) is 15.5. The minimum Gasteiger partial charge on any atom is -0.378 e. The van der Waals surface area contributed by atoms with E-state index in [-0.39, 0.29) is 0 Å². The minimum absolute atomic E-state index is 0.333. The van der Waals surface area contributed by atoms with E-state index in [1.165, 1.54) is 12.3 Å². The second-order valence-corrected chi connectivity index (χ2v) is 8.06. The molecule has 4 heterocycles. The molecule has 5 rings (SSSR count). The van der Waals surface area contributed by atoms with Crippen LogP contribution >= 0.6 is 11.6 Å². The Morgan fingerprint density at radius 1 is 1.19 bits per heavy atom. The van der Waals surface area contributed by atoms with E-state index < -0.39 is 5.82 Å². The van der Waals surface area contributed by atoms with Crippen LogP contribution in [0.4, 0.5) is 22.0 Å². The Labute approximate surface area is 189 Å². The number of pyridine rings is 1. The Balaban J connectivity index is 1.54. The highest BCUT2D eigenvalue weighted by atomic mass is 35.5. The smallest absolute Gasteiger partial charge is 0.227 e. The van der Waals surface area contributed by atoms with E-state index in [9.17, 15) is 0 Å². The second-order valence-electron chi connectivity index (χ2n) is 7.65. The van der Waals surface area contributed by atoms with Crippen molar-refractivity contribution in [3.63, 3.8) is 0 Å². The third-order valence-electron chi connectivity index (χ3n) is 5.39. The molecular weight excluding hydrogens is 433 g/mol. The average Bonchev–Trinajstić information content (AvgIpc) is 3.16. The van der Waals surface area contributed by atoms with Gasteiger partial charge in [-0.2, -0.15) is 0 Å². The van der Waals surface area contributed by atoms with E-state index in [0.717, 1.165) is 42.4 Å². The van der Waals surface area contributed by atoms with Crippen molar-refractivity contribution in [3.05, 3.63) is 53.2 Å². The van der Waals surface area contributed by atoms with Crippen LogP contribution in [0.3, 0.4) is 0 Å². The lowest BCUT2D eigenvalue weighted by atomic mass is 10.1. The molecule has 0 radical (unpaired) electrons. The number of nitrogens with one attached hydrogen (secondary N) is 1. The highest BCUT2D eigenvalue weighted by Crippen LogP contribution is 2.34. The predicted molar refractivity (Wildman–Crippen MR) is 122 cm³/mol. The Morgan fingerprint density at radius 2 is 2.06 bits per heavy atom. The third-order valence-corrected chi connectivity index (χ3v) is 5.66. The van der Waals surface area contributed by atoms with Crippen molar-refractivity contribution < 1.29 is 9.13 Å². The van der Waals surface area contributed by atoms with Crippen LogP contribution in [-0.2, 0) is 17.9 Å². The quantitative estimate of drug-likeness (QED) is 0.479. The van der Waals surface area contributed by atoms with E-state index in [4.69, 9.17) is 16.3 Å². The van der Waals surface area contributed by atoms with Gasteiger partial charge in [0, 0.05) is 44.7 Å². The van der Waals surface area contributed by atoms with Crippen LogP contribution in [0.5, 0.6) is 0 Å². The summed E-state index contributed by atoms with van der Waals surface area (Å²) in [5.74, 6) is 0.702. The van der Waals surface area contributed by atoms with Crippen molar-refractivity contribution in [1.29, 1.82) is 0 Å². The lowest BCUT2D eigenvalue weighted by Gasteiger charge is -2.25. The van der Waals surface area contributed by atoms with Gasteiger partial charge < -0.3 is 19.5 Å². The van der Waals surface area contributed by atoms with Gasteiger partial charge in [-0.25, -0.2) is 19.3 Å². The molecule has 0 unspecified atom stereocenters. The molecule has 8 nitrogen and oxygen atoms in total. The minimum atomic E-state index is -0.407. The molecule has 0 bridgehead atoms. The number of hydrogen-bond acceptors (Lipinski definition) is 7. The van der Waals surface area contributed by atoms with E-state index in [1.807, 2.05) is 28.6 Å². The van der Waals surface area contributed by atoms with Crippen LogP contribution in [0, 0.1) is 5.82 Å². The fourth-order valence-electron chi connectivity index (χ4n) is 3.93. The van der Waals surface area contributed by atoms with E-state index in [0.29, 0.717) is 34.4 Å². The van der Waals surface area contributed by atoms with Crippen molar-refractivity contribution in [2.75, 3.05) is 30.9 Å². The zero-order valence-electron chi connectivity index (χ0n) is 17.6. The molecule has 0 spiro atoms. The molecule has 1 aliphatic rings. The molecule has 3 aromatic heterocycles. The standard InChI is InChI=1S/C22H21ClFN7O/c1-30-6-3-7-31-18-9-13(8-17(24)20(18)29-22(30)31)19-16(23)11-26-21(28-19)27-14-4-5-25-15(10-14)12-32-2/h4-5,8-11H,3,6-7,12H2,1-2H3,(H,25,26,27,28). The summed E-state index contributed by atoms with van der Waals surface area (Å²) >= 11 is 6.41. The zero-order chi connectivity index (χ0) is 22.2. The molecule has 164 valence electrons. The van der Waals surface area contributed by atoms with Crippen molar-refractivity contribution in [3.8, 4) is 11.3 Å². The number of nitrogens with zero attached hydrogens (tertiary/aromatic N) is 6. The number of hydrogen-bond donors (Lipinski definition) is 1. The molecule has 4 aromatic rings. The van der Waals surface area contributed by atoms with Gasteiger partial charge in [0.2, 0.25) is 11.9 Å². The van der Waals surface area contributed by atoms with Crippen LogP contribution < -0.4 is 10.2 Å². The molecule has 0 amide bonds. The van der Waals surface area contributed by atoms with Crippen molar-refractivity contribution >= 4 is 40.2 Å². The van der Waals surface area contributed by atoms with Gasteiger partial charge in [-0.15, -0.1) is 0 Å². The van der Waals surface area contributed by atoms with Gasteiger partial charge in [0.25, 0.3) is 0 Å². The van der Waals surface area contributed by atoms with Gasteiger partial charge in [-0.3, -0.25) is 4.98 Å². The Hall–Kier alpha value is -3.30. The zero-order valence-corrected chi connectivity index (χ0v) is 18.4. The molecule has 1 aromatic carbocycles. The Kier molecular flexibility index (Phi) is 5.36. The van der Waals surface area contributed by atoms with Crippen molar-refractivity contribution in [2.45, 2.75) is 19.6 Å². The number of methoxy groups -OCH3 is 1. The van der Waals surface area contributed by atoms with E-state index in [2.05, 4.69) is 25.3 Å². The summed E-state index contributed by atoms with van der Waals surface area (Å²) in [5.41, 5.74) is 3.61. The lowest BCUT2D eigenvalue weighted by molar-refractivity contribution is 0.181. The maximum Gasteiger partial charge on any atom is 0.227 e. The normalized spacial score (nSPS) is 13.4. The summed E-state index contributed by atoms with van der Waals surface area (Å²) in [6, 6.07) is 6.96. The molecule has 0 aliphatic carbocycles. The van der Waals surface area contributed by atoms with Crippen molar-refractivity contribution in [2.24, 2.45) is 0 Å². The lowest BCUT2D eigenvalue weighted by Crippen LogP contribution is -2.28. The summed E-state index contributed by atoms with van der Waals surface area (Å²) in [6.45, 7) is 2.08. The number of ether oxygens (including phenoxy) is 1.